The molecule has 3 aliphatic rings. The van der Waals surface area contributed by atoms with E-state index in [1.165, 1.54) is 0 Å². The number of fused-ring (bicyclic) bond motifs is 1. The topological polar surface area (TPSA) is 62.6 Å². The van der Waals surface area contributed by atoms with Crippen LogP contribution in [-0.2, 0) is 24.7 Å². The van der Waals surface area contributed by atoms with Crippen LogP contribution in [0.15, 0.2) is 10.9 Å². The maximum atomic E-state index is 13.1. The minimum atomic E-state index is -0.442. The highest BCUT2D eigenvalue weighted by atomic mass is 16.2. The number of aryl methyl sites for hydroxylation is 1. The van der Waals surface area contributed by atoms with Crippen LogP contribution in [0.5, 0.6) is 0 Å². The molecule has 2 aliphatic heterocycles. The summed E-state index contributed by atoms with van der Waals surface area (Å²) in [6, 6.07) is 1.82. The first kappa shape index (κ1) is 17.3. The third-order valence-electron chi connectivity index (χ3n) is 6.56. The predicted octanol–water partition coefficient (Wildman–Crippen LogP) is 1.35. The Balaban J connectivity index is 1.62. The van der Waals surface area contributed by atoms with Crippen LogP contribution in [0.2, 0.25) is 0 Å². The second-order valence-electron chi connectivity index (χ2n) is 8.19. The molecule has 2 saturated heterocycles. The summed E-state index contributed by atoms with van der Waals surface area (Å²) >= 11 is 0. The van der Waals surface area contributed by atoms with Crippen molar-refractivity contribution in [1.29, 1.82) is 0 Å². The number of piperidine rings is 1. The number of hydrogen-bond acceptors (Lipinski definition) is 3. The van der Waals surface area contributed by atoms with E-state index in [-0.39, 0.29) is 22.9 Å². The molecule has 0 N–H and O–H groups in total. The fourth-order valence-corrected chi connectivity index (χ4v) is 5.01. The molecule has 6 nitrogen and oxygen atoms in total. The highest BCUT2D eigenvalue weighted by molar-refractivity contribution is 5.95. The van der Waals surface area contributed by atoms with E-state index in [2.05, 4.69) is 0 Å². The van der Waals surface area contributed by atoms with Crippen LogP contribution in [0.3, 0.4) is 0 Å². The number of nitrogens with zero attached hydrogens (tertiary/aromatic N) is 3. The van der Waals surface area contributed by atoms with Gasteiger partial charge in [0.25, 0.3) is 11.5 Å². The number of aromatic nitrogens is 1. The Labute approximate surface area is 153 Å². The lowest BCUT2D eigenvalue weighted by Crippen LogP contribution is -2.49. The van der Waals surface area contributed by atoms with Crippen LogP contribution in [0.1, 0.15) is 53.7 Å². The Morgan fingerprint density at radius 2 is 1.81 bits per heavy atom. The zero-order valence-corrected chi connectivity index (χ0v) is 15.7. The molecule has 3 heterocycles. The third kappa shape index (κ3) is 2.58. The van der Waals surface area contributed by atoms with E-state index >= 15 is 0 Å². The molecule has 2 amide bonds. The summed E-state index contributed by atoms with van der Waals surface area (Å²) in [5, 5.41) is 0. The van der Waals surface area contributed by atoms with E-state index < -0.39 is 5.41 Å². The number of carbonyl (C=O) groups excluding carboxylic acids is 2. The highest BCUT2D eigenvalue weighted by Gasteiger charge is 2.48. The van der Waals surface area contributed by atoms with Crippen molar-refractivity contribution in [2.24, 2.45) is 12.5 Å². The van der Waals surface area contributed by atoms with Gasteiger partial charge in [0.2, 0.25) is 5.91 Å². The van der Waals surface area contributed by atoms with Crippen molar-refractivity contribution in [2.75, 3.05) is 26.7 Å². The molecule has 4 rings (SSSR count). The van der Waals surface area contributed by atoms with Gasteiger partial charge in [-0.05, 0) is 56.6 Å². The molecule has 1 aliphatic carbocycles. The normalized spacial score (nSPS) is 25.7. The summed E-state index contributed by atoms with van der Waals surface area (Å²) in [5.41, 5.74) is 1.82. The van der Waals surface area contributed by atoms with Gasteiger partial charge in [-0.3, -0.25) is 14.4 Å². The van der Waals surface area contributed by atoms with Crippen molar-refractivity contribution in [2.45, 2.75) is 44.9 Å². The molecule has 2 fully saturated rings. The fourth-order valence-electron chi connectivity index (χ4n) is 5.01. The van der Waals surface area contributed by atoms with E-state index in [0.717, 1.165) is 56.3 Å². The quantitative estimate of drug-likeness (QED) is 0.762. The van der Waals surface area contributed by atoms with Crippen LogP contribution in [-0.4, -0.2) is 52.9 Å². The number of pyridine rings is 1. The van der Waals surface area contributed by atoms with Gasteiger partial charge in [0.15, 0.2) is 0 Å². The number of rotatable bonds is 1. The molecular formula is C20H27N3O3. The molecule has 1 aromatic rings. The van der Waals surface area contributed by atoms with Gasteiger partial charge in [-0.2, -0.15) is 0 Å². The minimum absolute atomic E-state index is 0.150. The summed E-state index contributed by atoms with van der Waals surface area (Å²) in [6.07, 6.45) is 6.55. The van der Waals surface area contributed by atoms with E-state index in [9.17, 15) is 14.4 Å². The van der Waals surface area contributed by atoms with Crippen LogP contribution < -0.4 is 5.56 Å². The van der Waals surface area contributed by atoms with E-state index in [4.69, 9.17) is 0 Å². The van der Waals surface area contributed by atoms with Crippen LogP contribution in [0.25, 0.3) is 0 Å². The minimum Gasteiger partial charge on any atom is -0.345 e. The first-order chi connectivity index (χ1) is 12.4. The van der Waals surface area contributed by atoms with Crippen molar-refractivity contribution in [3.05, 3.63) is 33.2 Å². The largest absolute Gasteiger partial charge is 0.345 e. The second kappa shape index (κ2) is 6.25. The van der Waals surface area contributed by atoms with Crippen molar-refractivity contribution in [3.63, 3.8) is 0 Å². The van der Waals surface area contributed by atoms with Crippen molar-refractivity contribution >= 4 is 11.8 Å². The second-order valence-corrected chi connectivity index (χ2v) is 8.19. The molecule has 1 unspecified atom stereocenters. The Bertz CT molecular complexity index is 828. The summed E-state index contributed by atoms with van der Waals surface area (Å²) in [5.74, 6) is -0.0609. The van der Waals surface area contributed by atoms with Gasteiger partial charge in [0, 0.05) is 39.4 Å². The predicted molar refractivity (Wildman–Crippen MR) is 98.1 cm³/mol. The zero-order chi connectivity index (χ0) is 18.5. The molecule has 26 heavy (non-hydrogen) atoms. The number of carbonyl (C=O) groups is 2. The summed E-state index contributed by atoms with van der Waals surface area (Å²) in [6.45, 7) is 1.79. The monoisotopic (exact) mass is 357 g/mol. The lowest BCUT2D eigenvalue weighted by Gasteiger charge is -2.37. The standard InChI is InChI=1S/C20H27N3O3/c1-21-10-5-8-20(19(21)26)9-11-23(13-20)18(25)15-12-14-6-3-4-7-16(14)22(2)17(15)24/h12H,3-11,13H2,1-2H3. The first-order valence-electron chi connectivity index (χ1n) is 9.70. The van der Waals surface area contributed by atoms with E-state index in [1.807, 2.05) is 13.1 Å². The molecule has 0 radical (unpaired) electrons. The Morgan fingerprint density at radius 3 is 2.62 bits per heavy atom. The van der Waals surface area contributed by atoms with Crippen molar-refractivity contribution < 1.29 is 9.59 Å². The van der Waals surface area contributed by atoms with Crippen LogP contribution in [0.4, 0.5) is 0 Å². The molecule has 0 saturated carbocycles. The van der Waals surface area contributed by atoms with Crippen LogP contribution in [0, 0.1) is 5.41 Å². The Kier molecular flexibility index (Phi) is 4.16. The van der Waals surface area contributed by atoms with E-state index in [0.29, 0.717) is 19.5 Å². The molecule has 1 atom stereocenters. The fraction of sp³-hybridized carbons (Fsp3) is 0.650. The number of amides is 2. The van der Waals surface area contributed by atoms with Gasteiger partial charge in [-0.25, -0.2) is 0 Å². The summed E-state index contributed by atoms with van der Waals surface area (Å²) < 4.78 is 1.66. The van der Waals surface area contributed by atoms with Crippen LogP contribution >= 0.6 is 0 Å². The summed E-state index contributed by atoms with van der Waals surface area (Å²) in [4.78, 5) is 42.1. The maximum Gasteiger partial charge on any atom is 0.263 e. The molecule has 1 aromatic heterocycles. The summed E-state index contributed by atoms with van der Waals surface area (Å²) in [7, 11) is 3.61. The van der Waals surface area contributed by atoms with Gasteiger partial charge < -0.3 is 14.4 Å². The maximum absolute atomic E-state index is 13.1. The highest BCUT2D eigenvalue weighted by Crippen LogP contribution is 2.40. The molecular weight excluding hydrogens is 330 g/mol. The van der Waals surface area contributed by atoms with E-state index in [1.54, 1.807) is 21.4 Å². The zero-order valence-electron chi connectivity index (χ0n) is 15.7. The molecule has 0 bridgehead atoms. The molecule has 6 heteroatoms. The average Bonchev–Trinajstić information content (AvgIpc) is 3.07. The molecule has 1 spiro atoms. The lowest BCUT2D eigenvalue weighted by molar-refractivity contribution is -0.143. The molecule has 0 aromatic carbocycles. The van der Waals surface area contributed by atoms with Gasteiger partial charge in [0.05, 0.1) is 5.41 Å². The van der Waals surface area contributed by atoms with Gasteiger partial charge in [-0.1, -0.05) is 0 Å². The first-order valence-corrected chi connectivity index (χ1v) is 9.70. The third-order valence-corrected chi connectivity index (χ3v) is 6.56. The van der Waals surface area contributed by atoms with Gasteiger partial charge in [0.1, 0.15) is 5.56 Å². The Morgan fingerprint density at radius 1 is 1.04 bits per heavy atom. The van der Waals surface area contributed by atoms with Gasteiger partial charge in [-0.15, -0.1) is 0 Å². The Hall–Kier alpha value is -2.11. The average molecular weight is 357 g/mol. The SMILES string of the molecule is CN1CCCC2(CCN(C(=O)c3cc4c(n(C)c3=O)CCCC4)C2)C1=O. The van der Waals surface area contributed by atoms with Crippen molar-refractivity contribution in [1.82, 2.24) is 14.4 Å². The smallest absolute Gasteiger partial charge is 0.263 e. The number of hydrogen-bond donors (Lipinski definition) is 0. The van der Waals surface area contributed by atoms with Gasteiger partial charge >= 0.3 is 0 Å². The van der Waals surface area contributed by atoms with Crippen molar-refractivity contribution in [3.8, 4) is 0 Å². The lowest BCUT2D eigenvalue weighted by atomic mass is 9.78. The number of likely N-dealkylation sites (tertiary alicyclic amines) is 2. The molecule has 140 valence electrons.